The molecule has 1 atom stereocenters. The molecule has 0 radical (unpaired) electrons. The van der Waals surface area contributed by atoms with Gasteiger partial charge >= 0.3 is 0 Å². The van der Waals surface area contributed by atoms with Gasteiger partial charge in [-0.2, -0.15) is 0 Å². The van der Waals surface area contributed by atoms with Crippen molar-refractivity contribution in [2.45, 2.75) is 38.8 Å². The van der Waals surface area contributed by atoms with Gasteiger partial charge in [-0.15, -0.1) is 12.4 Å². The standard InChI is InChI=1S/C16H24N2O2.ClH/c1-3-20-14-9-7-13(8-10-14)12-18(2)16(19)15-6-4-5-11-17-15;/h7-10,15,17H,3-6,11-12H2,1-2H3;1H/t15-;/m0./s1. The molecule has 1 N–H and O–H groups in total. The summed E-state index contributed by atoms with van der Waals surface area (Å²) in [6.07, 6.45) is 3.26. The number of rotatable bonds is 5. The van der Waals surface area contributed by atoms with Crippen molar-refractivity contribution in [1.82, 2.24) is 10.2 Å². The van der Waals surface area contributed by atoms with Crippen LogP contribution in [-0.4, -0.2) is 37.0 Å². The van der Waals surface area contributed by atoms with Gasteiger partial charge in [-0.1, -0.05) is 18.6 Å². The molecule has 1 fully saturated rings. The number of carbonyl (C=O) groups excluding carboxylic acids is 1. The maximum atomic E-state index is 12.3. The molecule has 1 amide bonds. The van der Waals surface area contributed by atoms with Crippen molar-refractivity contribution >= 4 is 18.3 Å². The zero-order valence-electron chi connectivity index (χ0n) is 12.8. The summed E-state index contributed by atoms with van der Waals surface area (Å²) in [6.45, 7) is 4.24. The van der Waals surface area contributed by atoms with E-state index in [1.54, 1.807) is 4.90 Å². The predicted octanol–water partition coefficient (Wildman–Crippen LogP) is 2.61. The summed E-state index contributed by atoms with van der Waals surface area (Å²) in [7, 11) is 1.87. The molecular weight excluding hydrogens is 288 g/mol. The molecule has 21 heavy (non-hydrogen) atoms. The van der Waals surface area contributed by atoms with Crippen molar-refractivity contribution in [3.8, 4) is 5.75 Å². The quantitative estimate of drug-likeness (QED) is 0.908. The minimum absolute atomic E-state index is 0. The number of nitrogens with zero attached hydrogens (tertiary/aromatic N) is 1. The number of ether oxygens (including phenoxy) is 1. The third kappa shape index (κ3) is 5.21. The van der Waals surface area contributed by atoms with Crippen LogP contribution >= 0.6 is 12.4 Å². The van der Waals surface area contributed by atoms with Crippen LogP contribution in [0.5, 0.6) is 5.75 Å². The van der Waals surface area contributed by atoms with E-state index >= 15 is 0 Å². The Kier molecular flexibility index (Phi) is 7.54. The maximum absolute atomic E-state index is 12.3. The summed E-state index contributed by atoms with van der Waals surface area (Å²) >= 11 is 0. The molecule has 5 heteroatoms. The number of halogens is 1. The van der Waals surface area contributed by atoms with Crippen molar-refractivity contribution in [2.24, 2.45) is 0 Å². The molecule has 118 valence electrons. The lowest BCUT2D eigenvalue weighted by Gasteiger charge is -2.27. The number of likely N-dealkylation sites (N-methyl/N-ethyl adjacent to an activating group) is 1. The molecule has 0 bridgehead atoms. The summed E-state index contributed by atoms with van der Waals surface area (Å²) in [4.78, 5) is 14.1. The number of piperidine rings is 1. The molecule has 1 saturated heterocycles. The Hall–Kier alpha value is -1.26. The molecule has 0 aliphatic carbocycles. The molecule has 0 aromatic heterocycles. The van der Waals surface area contributed by atoms with Crippen LogP contribution in [0.2, 0.25) is 0 Å². The normalized spacial score (nSPS) is 17.7. The fourth-order valence-electron chi connectivity index (χ4n) is 2.54. The molecule has 0 unspecified atom stereocenters. The van der Waals surface area contributed by atoms with Gasteiger partial charge in [-0.25, -0.2) is 0 Å². The highest BCUT2D eigenvalue weighted by Crippen LogP contribution is 2.15. The Bertz CT molecular complexity index is 430. The van der Waals surface area contributed by atoms with Crippen LogP contribution in [0.15, 0.2) is 24.3 Å². The maximum Gasteiger partial charge on any atom is 0.239 e. The monoisotopic (exact) mass is 312 g/mol. The smallest absolute Gasteiger partial charge is 0.239 e. The Labute approximate surface area is 133 Å². The molecule has 4 nitrogen and oxygen atoms in total. The molecule has 0 saturated carbocycles. The zero-order valence-corrected chi connectivity index (χ0v) is 13.6. The van der Waals surface area contributed by atoms with Gasteiger partial charge in [0, 0.05) is 13.6 Å². The van der Waals surface area contributed by atoms with E-state index in [0.717, 1.165) is 30.7 Å². The largest absolute Gasteiger partial charge is 0.494 e. The number of hydrogen-bond acceptors (Lipinski definition) is 3. The van der Waals surface area contributed by atoms with E-state index in [1.807, 2.05) is 38.2 Å². The fraction of sp³-hybridized carbons (Fsp3) is 0.562. The number of carbonyl (C=O) groups is 1. The van der Waals surface area contributed by atoms with Crippen molar-refractivity contribution in [1.29, 1.82) is 0 Å². The van der Waals surface area contributed by atoms with Crippen molar-refractivity contribution in [3.05, 3.63) is 29.8 Å². The lowest BCUT2D eigenvalue weighted by molar-refractivity contribution is -0.133. The van der Waals surface area contributed by atoms with Crippen LogP contribution in [0.25, 0.3) is 0 Å². The highest BCUT2D eigenvalue weighted by atomic mass is 35.5. The van der Waals surface area contributed by atoms with E-state index in [4.69, 9.17) is 4.74 Å². The topological polar surface area (TPSA) is 41.6 Å². The first-order chi connectivity index (χ1) is 9.70. The van der Waals surface area contributed by atoms with E-state index in [2.05, 4.69) is 5.32 Å². The third-order valence-electron chi connectivity index (χ3n) is 3.64. The summed E-state index contributed by atoms with van der Waals surface area (Å²) < 4.78 is 5.42. The molecule has 1 aromatic carbocycles. The average Bonchev–Trinajstić information content (AvgIpc) is 2.49. The second-order valence-corrected chi connectivity index (χ2v) is 5.27. The number of benzene rings is 1. The summed E-state index contributed by atoms with van der Waals surface area (Å²) in [5.74, 6) is 1.07. The summed E-state index contributed by atoms with van der Waals surface area (Å²) in [5.41, 5.74) is 1.13. The van der Waals surface area contributed by atoms with Gasteiger partial charge in [0.25, 0.3) is 0 Å². The fourth-order valence-corrected chi connectivity index (χ4v) is 2.54. The van der Waals surface area contributed by atoms with Gasteiger partial charge in [0.15, 0.2) is 0 Å². The van der Waals surface area contributed by atoms with Crippen LogP contribution in [0.1, 0.15) is 31.7 Å². The van der Waals surface area contributed by atoms with E-state index in [9.17, 15) is 4.79 Å². The van der Waals surface area contributed by atoms with Gasteiger partial charge in [-0.3, -0.25) is 4.79 Å². The average molecular weight is 313 g/mol. The Morgan fingerprint density at radius 3 is 2.62 bits per heavy atom. The molecular formula is C16H25ClN2O2. The minimum Gasteiger partial charge on any atom is -0.494 e. The number of hydrogen-bond donors (Lipinski definition) is 1. The second-order valence-electron chi connectivity index (χ2n) is 5.27. The van der Waals surface area contributed by atoms with Gasteiger partial charge in [0.2, 0.25) is 5.91 Å². The zero-order chi connectivity index (χ0) is 14.4. The summed E-state index contributed by atoms with van der Waals surface area (Å²) in [6, 6.07) is 7.94. The first-order valence-corrected chi connectivity index (χ1v) is 7.41. The molecule has 1 aliphatic rings. The Morgan fingerprint density at radius 1 is 1.33 bits per heavy atom. The first-order valence-electron chi connectivity index (χ1n) is 7.41. The Balaban J connectivity index is 0.00000220. The lowest BCUT2D eigenvalue weighted by atomic mass is 10.0. The Morgan fingerprint density at radius 2 is 2.05 bits per heavy atom. The SMILES string of the molecule is CCOc1ccc(CN(C)C(=O)[C@@H]2CCCCN2)cc1.Cl. The molecule has 2 rings (SSSR count). The molecule has 1 aliphatic heterocycles. The minimum atomic E-state index is -0.00329. The highest BCUT2D eigenvalue weighted by molar-refractivity contribution is 5.85. The van der Waals surface area contributed by atoms with Crippen LogP contribution in [0, 0.1) is 0 Å². The van der Waals surface area contributed by atoms with Crippen LogP contribution in [0.3, 0.4) is 0 Å². The molecule has 0 spiro atoms. The first kappa shape index (κ1) is 17.8. The van der Waals surface area contributed by atoms with Crippen LogP contribution in [-0.2, 0) is 11.3 Å². The highest BCUT2D eigenvalue weighted by Gasteiger charge is 2.23. The van der Waals surface area contributed by atoms with E-state index in [1.165, 1.54) is 6.42 Å². The lowest BCUT2D eigenvalue weighted by Crippen LogP contribution is -2.46. The molecule has 1 aromatic rings. The predicted molar refractivity (Wildman–Crippen MR) is 87.0 cm³/mol. The van der Waals surface area contributed by atoms with Crippen molar-refractivity contribution < 1.29 is 9.53 Å². The van der Waals surface area contributed by atoms with Crippen molar-refractivity contribution in [3.63, 3.8) is 0 Å². The van der Waals surface area contributed by atoms with Gasteiger partial charge in [0.05, 0.1) is 12.6 Å². The van der Waals surface area contributed by atoms with Crippen molar-refractivity contribution in [2.75, 3.05) is 20.2 Å². The van der Waals surface area contributed by atoms with E-state index in [0.29, 0.717) is 13.2 Å². The van der Waals surface area contributed by atoms with Crippen LogP contribution in [0.4, 0.5) is 0 Å². The van der Waals surface area contributed by atoms with Gasteiger partial charge in [0.1, 0.15) is 5.75 Å². The van der Waals surface area contributed by atoms with E-state index < -0.39 is 0 Å². The number of amides is 1. The third-order valence-corrected chi connectivity index (χ3v) is 3.64. The van der Waals surface area contributed by atoms with Crippen LogP contribution < -0.4 is 10.1 Å². The molecule has 1 heterocycles. The number of nitrogens with one attached hydrogen (secondary N) is 1. The van der Waals surface area contributed by atoms with Gasteiger partial charge in [-0.05, 0) is 44.0 Å². The van der Waals surface area contributed by atoms with Gasteiger partial charge < -0.3 is 15.0 Å². The second kappa shape index (κ2) is 8.90. The summed E-state index contributed by atoms with van der Waals surface area (Å²) in [5, 5.41) is 3.30. The van der Waals surface area contributed by atoms with E-state index in [-0.39, 0.29) is 24.4 Å².